The molecule has 3 N–H and O–H groups in total. The number of aliphatic hydroxyl groups excluding tert-OH is 2. The van der Waals surface area contributed by atoms with Crippen molar-refractivity contribution < 1.29 is 24.5 Å². The largest absolute Gasteiger partial charge is 0.466 e. The van der Waals surface area contributed by atoms with E-state index in [-0.39, 0.29) is 18.5 Å². The minimum atomic E-state index is -0.847. The number of hydrogen-bond acceptors (Lipinski definition) is 5. The molecule has 410 valence electrons. The molecular weight excluding hydrogens is 851 g/mol. The Hall–Kier alpha value is -1.40. The SMILES string of the molecule is CCCCCCCCCCCCCCCCCCCCCC/C=C/C(O)C(CO)NC(=O)CCCCCCCCCCCCCCCCCCCCOC(=O)CCCCCCCCCCCCCC. The van der Waals surface area contributed by atoms with Crippen LogP contribution in [0.3, 0.4) is 0 Å². The molecule has 2 unspecified atom stereocenters. The number of allylic oxidation sites excluding steroid dienone is 1. The van der Waals surface area contributed by atoms with Crippen LogP contribution in [-0.2, 0) is 14.3 Å². The average molecular weight is 975 g/mol. The van der Waals surface area contributed by atoms with Gasteiger partial charge in [-0.2, -0.15) is 0 Å². The zero-order valence-electron chi connectivity index (χ0n) is 46.8. The van der Waals surface area contributed by atoms with Gasteiger partial charge in [0, 0.05) is 12.8 Å². The second kappa shape index (κ2) is 59.2. The maximum absolute atomic E-state index is 12.5. The molecule has 0 aliphatic carbocycles. The van der Waals surface area contributed by atoms with Gasteiger partial charge in [0.15, 0.2) is 0 Å². The van der Waals surface area contributed by atoms with Crippen molar-refractivity contribution in [3.8, 4) is 0 Å². The van der Waals surface area contributed by atoms with Crippen LogP contribution in [0, 0.1) is 0 Å². The molecule has 1 amide bonds. The number of rotatable bonds is 59. The number of carbonyl (C=O) groups is 2. The van der Waals surface area contributed by atoms with Crippen LogP contribution < -0.4 is 5.32 Å². The standard InChI is InChI=1S/C63H123NO5/c1-3-5-7-9-11-13-15-17-18-19-20-21-22-23-26-29-32-35-39-43-47-51-55-61(66)60(59-65)64-62(67)56-52-48-44-40-36-33-30-27-24-25-28-31-34-38-42-46-50-54-58-69-63(68)57-53-49-45-41-37-16-14-12-10-8-6-4-2/h51,55,60-61,65-66H,3-50,52-54,56-59H2,1-2H3,(H,64,67)/b55-51+. The van der Waals surface area contributed by atoms with Crippen LogP contribution in [0.2, 0.25) is 0 Å². The van der Waals surface area contributed by atoms with Crippen molar-refractivity contribution in [2.45, 2.75) is 366 Å². The molecule has 0 spiro atoms. The van der Waals surface area contributed by atoms with E-state index in [0.717, 1.165) is 38.5 Å². The molecular formula is C63H123NO5. The Balaban J connectivity index is 3.44. The van der Waals surface area contributed by atoms with Gasteiger partial charge in [0.1, 0.15) is 0 Å². The fourth-order valence-corrected chi connectivity index (χ4v) is 9.99. The molecule has 0 heterocycles. The van der Waals surface area contributed by atoms with Gasteiger partial charge >= 0.3 is 5.97 Å². The van der Waals surface area contributed by atoms with E-state index in [1.54, 1.807) is 6.08 Å². The third-order valence-electron chi connectivity index (χ3n) is 14.8. The Kier molecular flexibility index (Phi) is 58.0. The summed E-state index contributed by atoms with van der Waals surface area (Å²) >= 11 is 0. The first-order valence-corrected chi connectivity index (χ1v) is 31.5. The molecule has 0 saturated carbocycles. The number of unbranched alkanes of at least 4 members (excludes halogenated alkanes) is 48. The van der Waals surface area contributed by atoms with Crippen LogP contribution >= 0.6 is 0 Å². The first-order chi connectivity index (χ1) is 34.0. The van der Waals surface area contributed by atoms with E-state index < -0.39 is 12.1 Å². The molecule has 6 nitrogen and oxygen atoms in total. The van der Waals surface area contributed by atoms with Crippen molar-refractivity contribution in [3.63, 3.8) is 0 Å². The summed E-state index contributed by atoms with van der Waals surface area (Å²) in [5, 5.41) is 23.2. The molecule has 0 saturated heterocycles. The summed E-state index contributed by atoms with van der Waals surface area (Å²) in [6, 6.07) is -0.631. The monoisotopic (exact) mass is 974 g/mol. The second-order valence-electron chi connectivity index (χ2n) is 21.8. The van der Waals surface area contributed by atoms with E-state index >= 15 is 0 Å². The van der Waals surface area contributed by atoms with Crippen molar-refractivity contribution in [3.05, 3.63) is 12.2 Å². The molecule has 0 bridgehead atoms. The molecule has 0 rings (SSSR count). The summed E-state index contributed by atoms with van der Waals surface area (Å²) in [6.45, 7) is 4.93. The molecule has 6 heteroatoms. The number of nitrogens with one attached hydrogen (secondary N) is 1. The van der Waals surface area contributed by atoms with Crippen LogP contribution in [0.15, 0.2) is 12.2 Å². The number of aliphatic hydroxyl groups is 2. The van der Waals surface area contributed by atoms with Gasteiger partial charge in [-0.3, -0.25) is 9.59 Å². The fraction of sp³-hybridized carbons (Fsp3) is 0.937. The zero-order chi connectivity index (χ0) is 50.0. The predicted molar refractivity (Wildman–Crippen MR) is 301 cm³/mol. The number of hydrogen-bond donors (Lipinski definition) is 3. The summed E-state index contributed by atoms with van der Waals surface area (Å²) < 4.78 is 5.47. The lowest BCUT2D eigenvalue weighted by Gasteiger charge is -2.20. The zero-order valence-corrected chi connectivity index (χ0v) is 46.8. The molecule has 0 aromatic heterocycles. The van der Waals surface area contributed by atoms with Crippen molar-refractivity contribution in [1.29, 1.82) is 0 Å². The summed E-state index contributed by atoms with van der Waals surface area (Å²) in [7, 11) is 0. The van der Waals surface area contributed by atoms with Gasteiger partial charge in [0.2, 0.25) is 5.91 Å². The molecule has 0 aliphatic rings. The van der Waals surface area contributed by atoms with Crippen LogP contribution in [0.25, 0.3) is 0 Å². The van der Waals surface area contributed by atoms with Crippen LogP contribution in [0.1, 0.15) is 354 Å². The lowest BCUT2D eigenvalue weighted by molar-refractivity contribution is -0.143. The predicted octanol–water partition coefficient (Wildman–Crippen LogP) is 19.6. The summed E-state index contributed by atoms with van der Waals surface area (Å²) in [5.74, 6) is -0.0598. The van der Waals surface area contributed by atoms with Crippen molar-refractivity contribution in [2.24, 2.45) is 0 Å². The van der Waals surface area contributed by atoms with E-state index in [0.29, 0.717) is 19.4 Å². The number of amides is 1. The first kappa shape index (κ1) is 67.6. The summed E-state index contributed by atoms with van der Waals surface area (Å²) in [4.78, 5) is 24.5. The Morgan fingerprint density at radius 1 is 0.391 bits per heavy atom. The van der Waals surface area contributed by atoms with E-state index in [1.165, 1.54) is 289 Å². The highest BCUT2D eigenvalue weighted by Crippen LogP contribution is 2.18. The van der Waals surface area contributed by atoms with Gasteiger partial charge in [-0.15, -0.1) is 0 Å². The van der Waals surface area contributed by atoms with Gasteiger partial charge < -0.3 is 20.3 Å². The maximum atomic E-state index is 12.5. The van der Waals surface area contributed by atoms with Crippen LogP contribution in [-0.4, -0.2) is 47.4 Å². The van der Waals surface area contributed by atoms with Crippen molar-refractivity contribution >= 4 is 11.9 Å². The Bertz CT molecular complexity index is 1030. The summed E-state index contributed by atoms with van der Waals surface area (Å²) in [5.41, 5.74) is 0. The van der Waals surface area contributed by atoms with Gasteiger partial charge in [-0.1, -0.05) is 321 Å². The smallest absolute Gasteiger partial charge is 0.305 e. The van der Waals surface area contributed by atoms with Crippen molar-refractivity contribution in [2.75, 3.05) is 13.2 Å². The fourth-order valence-electron chi connectivity index (χ4n) is 9.99. The lowest BCUT2D eigenvalue weighted by Crippen LogP contribution is -2.45. The minimum Gasteiger partial charge on any atom is -0.466 e. The Labute approximate surface area is 431 Å². The third-order valence-corrected chi connectivity index (χ3v) is 14.8. The van der Waals surface area contributed by atoms with Gasteiger partial charge in [0.25, 0.3) is 0 Å². The molecule has 0 fully saturated rings. The van der Waals surface area contributed by atoms with Gasteiger partial charge in [-0.25, -0.2) is 0 Å². The highest BCUT2D eigenvalue weighted by Gasteiger charge is 2.18. The Morgan fingerprint density at radius 2 is 0.667 bits per heavy atom. The van der Waals surface area contributed by atoms with E-state index in [1.807, 2.05) is 6.08 Å². The van der Waals surface area contributed by atoms with E-state index in [4.69, 9.17) is 4.74 Å². The molecule has 0 aromatic carbocycles. The topological polar surface area (TPSA) is 95.9 Å². The van der Waals surface area contributed by atoms with Gasteiger partial charge in [0.05, 0.1) is 25.4 Å². The normalized spacial score (nSPS) is 12.6. The van der Waals surface area contributed by atoms with E-state index in [2.05, 4.69) is 19.2 Å². The van der Waals surface area contributed by atoms with Crippen LogP contribution in [0.5, 0.6) is 0 Å². The quantitative estimate of drug-likeness (QED) is 0.0321. The third kappa shape index (κ3) is 55.8. The number of esters is 1. The Morgan fingerprint density at radius 3 is 0.986 bits per heavy atom. The summed E-state index contributed by atoms with van der Waals surface area (Å²) in [6.07, 6.45) is 71.1. The first-order valence-electron chi connectivity index (χ1n) is 31.5. The number of ether oxygens (including phenoxy) is 1. The minimum absolute atomic E-state index is 0.00808. The van der Waals surface area contributed by atoms with Crippen LogP contribution in [0.4, 0.5) is 0 Å². The second-order valence-corrected chi connectivity index (χ2v) is 21.8. The average Bonchev–Trinajstić information content (AvgIpc) is 3.35. The molecule has 69 heavy (non-hydrogen) atoms. The van der Waals surface area contributed by atoms with Crippen molar-refractivity contribution in [1.82, 2.24) is 5.32 Å². The number of carbonyl (C=O) groups excluding carboxylic acids is 2. The molecule has 0 aliphatic heterocycles. The van der Waals surface area contributed by atoms with E-state index in [9.17, 15) is 19.8 Å². The molecule has 0 radical (unpaired) electrons. The highest BCUT2D eigenvalue weighted by molar-refractivity contribution is 5.76. The van der Waals surface area contributed by atoms with Gasteiger partial charge in [-0.05, 0) is 32.1 Å². The molecule has 2 atom stereocenters. The maximum Gasteiger partial charge on any atom is 0.305 e. The lowest BCUT2D eigenvalue weighted by atomic mass is 10.0. The highest BCUT2D eigenvalue weighted by atomic mass is 16.5. The molecule has 0 aromatic rings.